The van der Waals surface area contributed by atoms with Crippen LogP contribution in [0.3, 0.4) is 0 Å². The fourth-order valence-corrected chi connectivity index (χ4v) is 3.86. The third kappa shape index (κ3) is 3.93. The summed E-state index contributed by atoms with van der Waals surface area (Å²) in [6, 6.07) is 6.82. The standard InChI is InChI=1S/C21H22ClN5O4/c1-3-31-21(30)13-8-10-26(11-9-13)19(28)17-16-18(20(29)25(2)12-23-16)27(24-17)15-6-4-14(22)5-7-15/h4-7,12-13H,3,8-11H2,1-2H3. The number of rotatable bonds is 4. The van der Waals surface area contributed by atoms with Crippen LogP contribution in [0.5, 0.6) is 0 Å². The Bertz CT molecular complexity index is 1190. The van der Waals surface area contributed by atoms with Gasteiger partial charge in [0.1, 0.15) is 5.52 Å². The molecule has 1 aromatic carbocycles. The van der Waals surface area contributed by atoms with Crippen molar-refractivity contribution in [2.75, 3.05) is 19.7 Å². The van der Waals surface area contributed by atoms with Crippen LogP contribution in [0.2, 0.25) is 5.02 Å². The van der Waals surface area contributed by atoms with Gasteiger partial charge < -0.3 is 14.2 Å². The molecule has 3 aromatic rings. The molecule has 3 heterocycles. The number of hydrogen-bond acceptors (Lipinski definition) is 6. The van der Waals surface area contributed by atoms with Crippen molar-refractivity contribution in [2.24, 2.45) is 13.0 Å². The number of halogens is 1. The van der Waals surface area contributed by atoms with Crippen molar-refractivity contribution < 1.29 is 14.3 Å². The summed E-state index contributed by atoms with van der Waals surface area (Å²) >= 11 is 5.98. The van der Waals surface area contributed by atoms with E-state index in [1.54, 1.807) is 43.1 Å². The minimum atomic E-state index is -0.319. The summed E-state index contributed by atoms with van der Waals surface area (Å²) in [5.74, 6) is -0.754. The molecule has 4 rings (SSSR count). The van der Waals surface area contributed by atoms with Crippen molar-refractivity contribution in [1.82, 2.24) is 24.2 Å². The molecule has 0 radical (unpaired) electrons. The molecule has 0 aliphatic carbocycles. The maximum Gasteiger partial charge on any atom is 0.309 e. The highest BCUT2D eigenvalue weighted by Crippen LogP contribution is 2.24. The number of esters is 1. The second-order valence-electron chi connectivity index (χ2n) is 7.41. The number of carbonyl (C=O) groups is 2. The molecule has 0 unspecified atom stereocenters. The van der Waals surface area contributed by atoms with Crippen LogP contribution in [0, 0.1) is 5.92 Å². The minimum absolute atomic E-state index is 0.109. The summed E-state index contributed by atoms with van der Waals surface area (Å²) < 4.78 is 7.86. The fraction of sp³-hybridized carbons (Fsp3) is 0.381. The number of benzene rings is 1. The van der Waals surface area contributed by atoms with E-state index in [1.807, 2.05) is 0 Å². The predicted molar refractivity (Wildman–Crippen MR) is 114 cm³/mol. The number of carbonyl (C=O) groups excluding carboxylic acids is 2. The Morgan fingerprint density at radius 3 is 2.52 bits per heavy atom. The molecule has 162 valence electrons. The number of piperidine rings is 1. The Balaban J connectivity index is 1.69. The van der Waals surface area contributed by atoms with E-state index in [1.165, 1.54) is 15.6 Å². The van der Waals surface area contributed by atoms with Crippen molar-refractivity contribution in [3.63, 3.8) is 0 Å². The predicted octanol–water partition coefficient (Wildman–Crippen LogP) is 2.19. The first kappa shape index (κ1) is 21.0. The first-order chi connectivity index (χ1) is 14.9. The largest absolute Gasteiger partial charge is 0.466 e. The van der Waals surface area contributed by atoms with Gasteiger partial charge in [-0.15, -0.1) is 0 Å². The zero-order chi connectivity index (χ0) is 22.1. The van der Waals surface area contributed by atoms with Crippen LogP contribution in [0.4, 0.5) is 0 Å². The van der Waals surface area contributed by atoms with E-state index < -0.39 is 0 Å². The van der Waals surface area contributed by atoms with E-state index in [4.69, 9.17) is 16.3 Å². The Morgan fingerprint density at radius 1 is 1.19 bits per heavy atom. The molecule has 9 nitrogen and oxygen atoms in total. The minimum Gasteiger partial charge on any atom is -0.466 e. The number of aromatic nitrogens is 4. The van der Waals surface area contributed by atoms with E-state index in [0.29, 0.717) is 43.2 Å². The van der Waals surface area contributed by atoms with E-state index in [-0.39, 0.29) is 40.1 Å². The quantitative estimate of drug-likeness (QED) is 0.573. The lowest BCUT2D eigenvalue weighted by Crippen LogP contribution is -2.41. The summed E-state index contributed by atoms with van der Waals surface area (Å²) in [5.41, 5.74) is 0.858. The van der Waals surface area contributed by atoms with Gasteiger partial charge in [0.25, 0.3) is 11.5 Å². The van der Waals surface area contributed by atoms with Crippen molar-refractivity contribution in [2.45, 2.75) is 19.8 Å². The lowest BCUT2D eigenvalue weighted by atomic mass is 9.97. The van der Waals surface area contributed by atoms with Crippen LogP contribution < -0.4 is 5.56 Å². The SMILES string of the molecule is CCOC(=O)C1CCN(C(=O)c2nn(-c3ccc(Cl)cc3)c3c(=O)n(C)cnc23)CC1. The molecule has 0 saturated carbocycles. The molecule has 1 saturated heterocycles. The second kappa shape index (κ2) is 8.50. The molecule has 10 heteroatoms. The van der Waals surface area contributed by atoms with Gasteiger partial charge in [0.2, 0.25) is 0 Å². The van der Waals surface area contributed by atoms with E-state index in [9.17, 15) is 14.4 Å². The zero-order valence-electron chi connectivity index (χ0n) is 17.2. The molecule has 1 fully saturated rings. The van der Waals surface area contributed by atoms with Crippen LogP contribution in [0.1, 0.15) is 30.3 Å². The monoisotopic (exact) mass is 443 g/mol. The Labute approximate surface area is 183 Å². The van der Waals surface area contributed by atoms with Gasteiger partial charge in [-0.05, 0) is 44.0 Å². The third-order valence-corrected chi connectivity index (χ3v) is 5.67. The first-order valence-electron chi connectivity index (χ1n) is 10.1. The number of nitrogens with zero attached hydrogens (tertiary/aromatic N) is 5. The van der Waals surface area contributed by atoms with Crippen LogP contribution in [0.25, 0.3) is 16.7 Å². The molecule has 0 bridgehead atoms. The van der Waals surface area contributed by atoms with Crippen LogP contribution >= 0.6 is 11.6 Å². The number of likely N-dealkylation sites (tertiary alicyclic amines) is 1. The van der Waals surface area contributed by atoms with Gasteiger partial charge >= 0.3 is 5.97 Å². The first-order valence-corrected chi connectivity index (χ1v) is 10.4. The molecule has 31 heavy (non-hydrogen) atoms. The van der Waals surface area contributed by atoms with E-state index in [0.717, 1.165) is 0 Å². The maximum atomic E-state index is 13.3. The topological polar surface area (TPSA) is 99.3 Å². The summed E-state index contributed by atoms with van der Waals surface area (Å²) in [6.07, 6.45) is 2.42. The summed E-state index contributed by atoms with van der Waals surface area (Å²) in [5, 5.41) is 5.01. The molecule has 0 N–H and O–H groups in total. The highest BCUT2D eigenvalue weighted by molar-refractivity contribution is 6.30. The second-order valence-corrected chi connectivity index (χ2v) is 7.85. The maximum absolute atomic E-state index is 13.3. The van der Waals surface area contributed by atoms with Crippen LogP contribution in [-0.4, -0.2) is 55.8 Å². The fourth-order valence-electron chi connectivity index (χ4n) is 3.73. The number of fused-ring (bicyclic) bond motifs is 1. The molecule has 0 spiro atoms. The van der Waals surface area contributed by atoms with Crippen molar-refractivity contribution in [1.29, 1.82) is 0 Å². The van der Waals surface area contributed by atoms with Crippen molar-refractivity contribution in [3.8, 4) is 5.69 Å². The lowest BCUT2D eigenvalue weighted by Gasteiger charge is -2.30. The van der Waals surface area contributed by atoms with Gasteiger partial charge in [-0.3, -0.25) is 14.4 Å². The molecule has 1 aliphatic heterocycles. The van der Waals surface area contributed by atoms with Crippen molar-refractivity contribution in [3.05, 3.63) is 51.7 Å². The number of hydrogen-bond donors (Lipinski definition) is 0. The molecular formula is C21H22ClN5O4. The van der Waals surface area contributed by atoms with Gasteiger partial charge in [-0.25, -0.2) is 9.67 Å². The van der Waals surface area contributed by atoms with Gasteiger partial charge in [-0.2, -0.15) is 5.10 Å². The normalized spacial score (nSPS) is 14.7. The Kier molecular flexibility index (Phi) is 5.77. The molecule has 1 aliphatic rings. The zero-order valence-corrected chi connectivity index (χ0v) is 18.0. The number of aryl methyl sites for hydroxylation is 1. The number of amides is 1. The van der Waals surface area contributed by atoms with Crippen LogP contribution in [0.15, 0.2) is 35.4 Å². The van der Waals surface area contributed by atoms with E-state index >= 15 is 0 Å². The Morgan fingerprint density at radius 2 is 1.87 bits per heavy atom. The van der Waals surface area contributed by atoms with Crippen LogP contribution in [-0.2, 0) is 16.6 Å². The summed E-state index contributed by atoms with van der Waals surface area (Å²) in [4.78, 5) is 44.1. The van der Waals surface area contributed by atoms with Gasteiger partial charge in [0, 0.05) is 25.2 Å². The van der Waals surface area contributed by atoms with Crippen molar-refractivity contribution >= 4 is 34.5 Å². The summed E-state index contributed by atoms with van der Waals surface area (Å²) in [7, 11) is 1.59. The molecule has 1 amide bonds. The highest BCUT2D eigenvalue weighted by Gasteiger charge is 2.31. The number of ether oxygens (including phenoxy) is 1. The smallest absolute Gasteiger partial charge is 0.309 e. The molecular weight excluding hydrogens is 422 g/mol. The lowest BCUT2D eigenvalue weighted by molar-refractivity contribution is -0.149. The molecule has 2 aromatic heterocycles. The van der Waals surface area contributed by atoms with Gasteiger partial charge in [0.15, 0.2) is 11.2 Å². The highest BCUT2D eigenvalue weighted by atomic mass is 35.5. The average Bonchev–Trinajstić information content (AvgIpc) is 3.17. The average molecular weight is 444 g/mol. The molecule has 0 atom stereocenters. The van der Waals surface area contributed by atoms with E-state index in [2.05, 4.69) is 10.1 Å². The Hall–Kier alpha value is -3.20. The summed E-state index contributed by atoms with van der Waals surface area (Å²) in [6.45, 7) is 2.92. The third-order valence-electron chi connectivity index (χ3n) is 5.42. The van der Waals surface area contributed by atoms with Gasteiger partial charge in [0.05, 0.1) is 24.5 Å². The van der Waals surface area contributed by atoms with Gasteiger partial charge in [-0.1, -0.05) is 11.6 Å².